The van der Waals surface area contributed by atoms with E-state index in [0.717, 1.165) is 64.2 Å². The smallest absolute Gasteiger partial charge is 0.462 e. The fraction of sp³-hybridized carbons (Fsp3) is 0.761. The van der Waals surface area contributed by atoms with Crippen LogP contribution in [0.2, 0.25) is 0 Å². The molecule has 0 bridgehead atoms. The molecule has 0 saturated heterocycles. The topological polar surface area (TPSA) is 155 Å². The third-order valence-electron chi connectivity index (χ3n) is 9.28. The lowest BCUT2D eigenvalue weighted by molar-refractivity contribution is -0.161. The Labute approximate surface area is 352 Å². The van der Waals surface area contributed by atoms with Gasteiger partial charge in [-0.1, -0.05) is 172 Å². The zero-order valence-electron chi connectivity index (χ0n) is 36.5. The number of esters is 3. The van der Waals surface area contributed by atoms with Crippen molar-refractivity contribution in [2.45, 2.75) is 200 Å². The molecular formula is C46H81O11P. The van der Waals surface area contributed by atoms with Gasteiger partial charge >= 0.3 is 25.7 Å². The van der Waals surface area contributed by atoms with Gasteiger partial charge in [-0.2, -0.15) is 0 Å². The Hall–Kier alpha value is -2.56. The number of aliphatic hydroxyl groups is 1. The SMILES string of the molecule is CC/C=C\C/C=C\C/C=C\C/C=C\CCC(=O)OCC(COP(=O)(O)OCC(CO)OC(=O)CCCCCCCCCCC)OC(=O)CCCCCCCCCCC. The highest BCUT2D eigenvalue weighted by molar-refractivity contribution is 7.47. The number of aliphatic hydroxyl groups excluding tert-OH is 1. The van der Waals surface area contributed by atoms with Gasteiger partial charge in [-0.3, -0.25) is 23.4 Å². The van der Waals surface area contributed by atoms with Crippen molar-refractivity contribution in [3.05, 3.63) is 48.6 Å². The second kappa shape index (κ2) is 41.2. The Balaban J connectivity index is 4.83. The highest BCUT2D eigenvalue weighted by Crippen LogP contribution is 2.43. The average molecular weight is 841 g/mol. The summed E-state index contributed by atoms with van der Waals surface area (Å²) in [5, 5.41) is 9.69. The first kappa shape index (κ1) is 55.4. The van der Waals surface area contributed by atoms with Crippen molar-refractivity contribution in [3.63, 3.8) is 0 Å². The van der Waals surface area contributed by atoms with Crippen LogP contribution in [0.4, 0.5) is 0 Å². The molecule has 0 aliphatic rings. The minimum Gasteiger partial charge on any atom is -0.462 e. The molecular weight excluding hydrogens is 759 g/mol. The highest BCUT2D eigenvalue weighted by atomic mass is 31.2. The summed E-state index contributed by atoms with van der Waals surface area (Å²) in [6.07, 6.45) is 38.5. The Morgan fingerprint density at radius 1 is 0.500 bits per heavy atom. The fourth-order valence-corrected chi connectivity index (χ4v) is 6.62. The predicted octanol–water partition coefficient (Wildman–Crippen LogP) is 11.9. The van der Waals surface area contributed by atoms with Crippen LogP contribution in [0.15, 0.2) is 48.6 Å². The van der Waals surface area contributed by atoms with Crippen molar-refractivity contribution in [2.75, 3.05) is 26.4 Å². The van der Waals surface area contributed by atoms with E-state index in [-0.39, 0.29) is 25.9 Å². The number of unbranched alkanes of at least 4 members (excludes halogenated alkanes) is 16. The number of hydrogen-bond acceptors (Lipinski definition) is 10. The van der Waals surface area contributed by atoms with Crippen LogP contribution >= 0.6 is 7.82 Å². The zero-order chi connectivity index (χ0) is 42.8. The molecule has 3 atom stereocenters. The lowest BCUT2D eigenvalue weighted by Crippen LogP contribution is -2.30. The molecule has 336 valence electrons. The van der Waals surface area contributed by atoms with E-state index < -0.39 is 57.8 Å². The minimum atomic E-state index is -4.74. The Morgan fingerprint density at radius 2 is 0.897 bits per heavy atom. The van der Waals surface area contributed by atoms with Gasteiger partial charge in [0.1, 0.15) is 12.7 Å². The molecule has 0 aromatic heterocycles. The number of phosphoric ester groups is 1. The molecule has 0 spiro atoms. The van der Waals surface area contributed by atoms with Gasteiger partial charge in [0, 0.05) is 19.3 Å². The second-order valence-electron chi connectivity index (χ2n) is 14.8. The van der Waals surface area contributed by atoms with Crippen LogP contribution in [0, 0.1) is 0 Å². The van der Waals surface area contributed by atoms with Gasteiger partial charge in [0.25, 0.3) is 0 Å². The van der Waals surface area contributed by atoms with Gasteiger partial charge in [0.15, 0.2) is 6.10 Å². The third kappa shape index (κ3) is 38.9. The molecule has 0 radical (unpaired) electrons. The van der Waals surface area contributed by atoms with E-state index in [1.165, 1.54) is 64.2 Å². The van der Waals surface area contributed by atoms with Crippen molar-refractivity contribution in [3.8, 4) is 0 Å². The molecule has 2 N–H and O–H groups in total. The minimum absolute atomic E-state index is 0.107. The largest absolute Gasteiger partial charge is 0.472 e. The van der Waals surface area contributed by atoms with E-state index in [1.807, 2.05) is 12.2 Å². The monoisotopic (exact) mass is 841 g/mol. The molecule has 0 amide bonds. The number of carbonyl (C=O) groups is 3. The maximum Gasteiger partial charge on any atom is 0.472 e. The highest BCUT2D eigenvalue weighted by Gasteiger charge is 2.28. The molecule has 0 rings (SSSR count). The van der Waals surface area contributed by atoms with Crippen LogP contribution in [0.1, 0.15) is 188 Å². The first-order valence-corrected chi connectivity index (χ1v) is 24.0. The van der Waals surface area contributed by atoms with Gasteiger partial charge in [-0.25, -0.2) is 4.57 Å². The average Bonchev–Trinajstić information content (AvgIpc) is 3.20. The zero-order valence-corrected chi connectivity index (χ0v) is 37.4. The predicted molar refractivity (Wildman–Crippen MR) is 233 cm³/mol. The van der Waals surface area contributed by atoms with Gasteiger partial charge in [-0.05, 0) is 44.9 Å². The summed E-state index contributed by atoms with van der Waals surface area (Å²) in [6.45, 7) is 4.36. The van der Waals surface area contributed by atoms with Crippen molar-refractivity contribution >= 4 is 25.7 Å². The molecule has 0 saturated carbocycles. The molecule has 3 unspecified atom stereocenters. The van der Waals surface area contributed by atoms with Gasteiger partial charge in [-0.15, -0.1) is 0 Å². The first-order valence-electron chi connectivity index (χ1n) is 22.5. The van der Waals surface area contributed by atoms with E-state index in [2.05, 4.69) is 57.2 Å². The Morgan fingerprint density at radius 3 is 1.34 bits per heavy atom. The van der Waals surface area contributed by atoms with Crippen LogP contribution in [0.25, 0.3) is 0 Å². The van der Waals surface area contributed by atoms with E-state index >= 15 is 0 Å². The fourth-order valence-electron chi connectivity index (χ4n) is 5.84. The summed E-state index contributed by atoms with van der Waals surface area (Å²) < 4.78 is 38.9. The van der Waals surface area contributed by atoms with Crippen LogP contribution in [-0.4, -0.2) is 66.5 Å². The first-order chi connectivity index (χ1) is 28.2. The van der Waals surface area contributed by atoms with E-state index in [1.54, 1.807) is 0 Å². The molecule has 0 aromatic carbocycles. The van der Waals surface area contributed by atoms with Gasteiger partial charge in [0.05, 0.1) is 19.8 Å². The Kier molecular flexibility index (Phi) is 39.4. The summed E-state index contributed by atoms with van der Waals surface area (Å²) >= 11 is 0. The number of hydrogen-bond donors (Lipinski definition) is 2. The maximum atomic E-state index is 12.7. The van der Waals surface area contributed by atoms with Crippen LogP contribution in [0.5, 0.6) is 0 Å². The molecule has 11 nitrogen and oxygen atoms in total. The quantitative estimate of drug-likeness (QED) is 0.0199. The molecule has 0 aromatic rings. The third-order valence-corrected chi connectivity index (χ3v) is 10.2. The lowest BCUT2D eigenvalue weighted by Gasteiger charge is -2.21. The number of carbonyl (C=O) groups excluding carboxylic acids is 3. The molecule has 58 heavy (non-hydrogen) atoms. The van der Waals surface area contributed by atoms with Crippen LogP contribution in [0.3, 0.4) is 0 Å². The molecule has 0 heterocycles. The lowest BCUT2D eigenvalue weighted by atomic mass is 10.1. The van der Waals surface area contributed by atoms with Crippen molar-refractivity contribution in [2.24, 2.45) is 0 Å². The summed E-state index contributed by atoms with van der Waals surface area (Å²) in [6, 6.07) is 0. The molecule has 0 aliphatic heterocycles. The van der Waals surface area contributed by atoms with Crippen molar-refractivity contribution < 1.29 is 52.2 Å². The van der Waals surface area contributed by atoms with E-state index in [4.69, 9.17) is 23.3 Å². The Bertz CT molecular complexity index is 1170. The van der Waals surface area contributed by atoms with E-state index in [9.17, 15) is 28.9 Å². The van der Waals surface area contributed by atoms with E-state index in [0.29, 0.717) is 19.3 Å². The van der Waals surface area contributed by atoms with Crippen molar-refractivity contribution in [1.29, 1.82) is 0 Å². The number of allylic oxidation sites excluding steroid dienone is 8. The molecule has 0 fully saturated rings. The summed E-state index contributed by atoms with van der Waals surface area (Å²) in [5.74, 6) is -1.57. The van der Waals surface area contributed by atoms with Crippen LogP contribution in [-0.2, 0) is 42.2 Å². The summed E-state index contributed by atoms with van der Waals surface area (Å²) in [4.78, 5) is 47.8. The van der Waals surface area contributed by atoms with Gasteiger partial charge in [0.2, 0.25) is 0 Å². The number of rotatable bonds is 41. The second-order valence-corrected chi connectivity index (χ2v) is 16.3. The standard InChI is InChI=1S/C46H81O11P/c1-4-7-10-13-16-19-20-21-22-25-26-29-32-35-44(48)53-39-43(57-46(50)37-34-31-28-24-18-15-12-9-6-3)41-55-58(51,52)54-40-42(38-47)56-45(49)36-33-30-27-23-17-14-11-8-5-2/h7,10,16,19,21-22,26,29,42-43,47H,4-6,8-9,11-15,17-18,20,23-25,27-28,30-41H2,1-3H3,(H,51,52)/b10-7-,19-16-,22-21-,29-26-. The summed E-state index contributed by atoms with van der Waals surface area (Å²) in [5.41, 5.74) is 0. The van der Waals surface area contributed by atoms with Crippen LogP contribution < -0.4 is 0 Å². The molecule has 0 aliphatic carbocycles. The normalized spacial score (nSPS) is 14.1. The number of phosphoric acid groups is 1. The van der Waals surface area contributed by atoms with Crippen molar-refractivity contribution in [1.82, 2.24) is 0 Å². The molecule has 12 heteroatoms. The number of ether oxygens (including phenoxy) is 3. The van der Waals surface area contributed by atoms with Gasteiger partial charge < -0.3 is 24.2 Å². The maximum absolute atomic E-state index is 12.7. The summed E-state index contributed by atoms with van der Waals surface area (Å²) in [7, 11) is -4.74.